The fourth-order valence-corrected chi connectivity index (χ4v) is 6.60. The number of aromatic amines is 1. The first kappa shape index (κ1) is 24.9. The number of halogens is 1. The molecule has 3 saturated heterocycles. The molecule has 4 fully saturated rings. The molecule has 0 radical (unpaired) electrons. The number of hydrogen-bond acceptors (Lipinski definition) is 14. The highest BCUT2D eigenvalue weighted by Crippen LogP contribution is 2.68. The van der Waals surface area contributed by atoms with Crippen LogP contribution in [0.4, 0.5) is 16.2 Å². The van der Waals surface area contributed by atoms with Crippen molar-refractivity contribution in [2.45, 2.75) is 55.4 Å². The maximum Gasteiger partial charge on any atom is 0.280 e. The van der Waals surface area contributed by atoms with Gasteiger partial charge < -0.3 is 40.3 Å². The third-order valence-electron chi connectivity index (χ3n) is 8.53. The van der Waals surface area contributed by atoms with Crippen LogP contribution in [0, 0.1) is 11.8 Å². The SMILES string of the molecule is CO[C@H]1[C@H](n2cnc3c(N)ncnc32)OC23COC(OC4O[C@@H](n5cnc6c(=O)[nH]c(N)nc65)[C@H](O)[C@H]4F)CC2[C@@H]13. The molecule has 1 spiro atoms. The van der Waals surface area contributed by atoms with Crippen LogP contribution in [0.1, 0.15) is 18.9 Å². The van der Waals surface area contributed by atoms with Crippen LogP contribution in [0.15, 0.2) is 23.8 Å². The summed E-state index contributed by atoms with van der Waals surface area (Å²) in [6.07, 6.45) is -3.31. The summed E-state index contributed by atoms with van der Waals surface area (Å²) >= 11 is 0. The fraction of sp³-hybridized carbons (Fsp3) is 0.565. The predicted molar refractivity (Wildman–Crippen MR) is 133 cm³/mol. The molecular weight excluding hydrogens is 547 g/mol. The fourth-order valence-electron chi connectivity index (χ4n) is 6.60. The van der Waals surface area contributed by atoms with Crippen molar-refractivity contribution in [2.24, 2.45) is 11.8 Å². The quantitative estimate of drug-likeness (QED) is 0.224. The highest BCUT2D eigenvalue weighted by atomic mass is 19.1. The van der Waals surface area contributed by atoms with E-state index in [-0.39, 0.29) is 47.5 Å². The molecule has 41 heavy (non-hydrogen) atoms. The van der Waals surface area contributed by atoms with Crippen molar-refractivity contribution >= 4 is 34.1 Å². The summed E-state index contributed by atoms with van der Waals surface area (Å²) in [5, 5.41) is 10.6. The summed E-state index contributed by atoms with van der Waals surface area (Å²) in [4.78, 5) is 35.1. The van der Waals surface area contributed by atoms with Crippen molar-refractivity contribution < 1.29 is 33.2 Å². The van der Waals surface area contributed by atoms with Crippen molar-refractivity contribution in [3.63, 3.8) is 0 Å². The number of nitrogens with zero attached hydrogens (tertiary/aromatic N) is 7. The first-order valence-electron chi connectivity index (χ1n) is 12.9. The number of methoxy groups -OCH3 is 1. The Balaban J connectivity index is 0.974. The molecule has 0 amide bonds. The lowest BCUT2D eigenvalue weighted by Gasteiger charge is -2.32. The van der Waals surface area contributed by atoms with E-state index in [1.165, 1.54) is 17.2 Å². The monoisotopic (exact) mass is 572 g/mol. The third-order valence-corrected chi connectivity index (χ3v) is 8.53. The summed E-state index contributed by atoms with van der Waals surface area (Å²) in [6.45, 7) is 0.181. The van der Waals surface area contributed by atoms with E-state index >= 15 is 4.39 Å². The molecule has 10 atom stereocenters. The Bertz CT molecular complexity index is 1730. The van der Waals surface area contributed by atoms with E-state index in [0.717, 1.165) is 0 Å². The van der Waals surface area contributed by atoms with Crippen LogP contribution in [-0.4, -0.2) is 94.4 Å². The Morgan fingerprint density at radius 3 is 2.73 bits per heavy atom. The normalized spacial score (nSPS) is 38.0. The molecule has 4 aromatic heterocycles. The second-order valence-electron chi connectivity index (χ2n) is 10.6. The Morgan fingerprint density at radius 2 is 1.93 bits per heavy atom. The van der Waals surface area contributed by atoms with Crippen molar-refractivity contribution in [2.75, 3.05) is 25.2 Å². The number of ether oxygens (including phenoxy) is 5. The number of nitrogen functional groups attached to an aromatic ring is 2. The van der Waals surface area contributed by atoms with E-state index in [1.54, 1.807) is 18.0 Å². The van der Waals surface area contributed by atoms with Crippen molar-refractivity contribution in [3.8, 4) is 0 Å². The van der Waals surface area contributed by atoms with Crippen molar-refractivity contribution in [1.29, 1.82) is 0 Å². The summed E-state index contributed by atoms with van der Waals surface area (Å²) in [5.41, 5.74) is 11.4. The Morgan fingerprint density at radius 1 is 1.15 bits per heavy atom. The van der Waals surface area contributed by atoms with Gasteiger partial charge in [0.05, 0.1) is 19.3 Å². The van der Waals surface area contributed by atoms with Crippen LogP contribution in [0.3, 0.4) is 0 Å². The Labute approximate surface area is 228 Å². The molecule has 1 aliphatic carbocycles. The van der Waals surface area contributed by atoms with E-state index in [9.17, 15) is 9.90 Å². The van der Waals surface area contributed by atoms with Gasteiger partial charge in [-0.3, -0.25) is 18.9 Å². The molecule has 18 heteroatoms. The molecule has 4 aromatic rings. The van der Waals surface area contributed by atoms with Gasteiger partial charge in [-0.15, -0.1) is 0 Å². The third kappa shape index (κ3) is 3.42. The molecule has 4 aliphatic rings. The summed E-state index contributed by atoms with van der Waals surface area (Å²) in [5.74, 6) is 0.122. The predicted octanol–water partition coefficient (Wildman–Crippen LogP) is -1.03. The smallest absolute Gasteiger partial charge is 0.280 e. The van der Waals surface area contributed by atoms with Gasteiger partial charge in [0.25, 0.3) is 5.56 Å². The molecule has 0 aromatic carbocycles. The lowest BCUT2D eigenvalue weighted by molar-refractivity contribution is -0.281. The number of imidazole rings is 2. The van der Waals surface area contributed by atoms with Gasteiger partial charge in [0, 0.05) is 25.4 Å². The minimum Gasteiger partial charge on any atom is -0.385 e. The minimum absolute atomic E-state index is 0.0151. The zero-order valence-electron chi connectivity index (χ0n) is 21.4. The van der Waals surface area contributed by atoms with E-state index in [1.807, 2.05) is 0 Å². The molecule has 17 nitrogen and oxygen atoms in total. The second kappa shape index (κ2) is 8.60. The molecule has 0 bridgehead atoms. The number of aliphatic hydroxyl groups excluding tert-OH is 1. The van der Waals surface area contributed by atoms with Crippen molar-refractivity contribution in [3.05, 3.63) is 29.3 Å². The number of rotatable bonds is 5. The average molecular weight is 573 g/mol. The van der Waals surface area contributed by atoms with E-state index in [2.05, 4.69) is 29.9 Å². The Hall–Kier alpha value is -3.81. The first-order chi connectivity index (χ1) is 19.8. The van der Waals surface area contributed by atoms with Crippen LogP contribution in [-0.2, 0) is 23.7 Å². The number of H-pyrrole nitrogens is 1. The lowest BCUT2D eigenvalue weighted by Crippen LogP contribution is -2.40. The molecule has 216 valence electrons. The zero-order chi connectivity index (χ0) is 28.2. The number of anilines is 2. The largest absolute Gasteiger partial charge is 0.385 e. The standard InChI is InChI=1S/C23H25FN10O7/c1-37-14-9-7-2-8(38-3-23(7,9)41-20(14)33-5-29-11-15(25)27-4-28-16(11)33)39-21-10(24)13(35)19(40-21)34-6-30-12-17(34)31-22(26)32-18(12)36/h4-10,13-14,19-21,35H,2-3H2,1H3,(H2,25,27,28)(H3,26,31,32,36)/t7?,8?,9-,10+,13+,14+,19+,20+,21?,23?/m0/s1. The van der Waals surface area contributed by atoms with Gasteiger partial charge in [0.1, 0.15) is 29.7 Å². The molecule has 1 saturated carbocycles. The van der Waals surface area contributed by atoms with Gasteiger partial charge >= 0.3 is 0 Å². The van der Waals surface area contributed by atoms with Crippen LogP contribution in [0.25, 0.3) is 22.3 Å². The van der Waals surface area contributed by atoms with E-state index in [4.69, 9.17) is 35.2 Å². The minimum atomic E-state index is -1.91. The van der Waals surface area contributed by atoms with Crippen LogP contribution in [0.2, 0.25) is 0 Å². The number of nitrogens with two attached hydrogens (primary N) is 2. The highest BCUT2D eigenvalue weighted by Gasteiger charge is 2.78. The summed E-state index contributed by atoms with van der Waals surface area (Å²) < 4.78 is 48.2. The number of fused-ring (bicyclic) bond motifs is 3. The lowest BCUT2D eigenvalue weighted by atomic mass is 10.1. The number of aliphatic hydroxyl groups is 1. The maximum absolute atomic E-state index is 15.2. The second-order valence-corrected chi connectivity index (χ2v) is 10.6. The molecule has 8 rings (SSSR count). The van der Waals surface area contributed by atoms with Gasteiger partial charge in [0.2, 0.25) is 5.95 Å². The van der Waals surface area contributed by atoms with Crippen LogP contribution < -0.4 is 17.0 Å². The molecular formula is C23H25FN10O7. The number of nitrogens with one attached hydrogen (secondary N) is 1. The van der Waals surface area contributed by atoms with Crippen LogP contribution in [0.5, 0.6) is 0 Å². The number of alkyl halides is 1. The van der Waals surface area contributed by atoms with Gasteiger partial charge in [-0.25, -0.2) is 24.3 Å². The summed E-state index contributed by atoms with van der Waals surface area (Å²) in [6, 6.07) is 0. The average Bonchev–Trinajstić information content (AvgIpc) is 3.42. The number of aromatic nitrogens is 8. The van der Waals surface area contributed by atoms with Gasteiger partial charge in [0.15, 0.2) is 53.8 Å². The molecule has 4 unspecified atom stereocenters. The Kier molecular flexibility index (Phi) is 5.23. The maximum atomic E-state index is 15.2. The first-order valence-corrected chi connectivity index (χ1v) is 12.9. The van der Waals surface area contributed by atoms with Gasteiger partial charge in [-0.1, -0.05) is 0 Å². The topological polar surface area (TPSA) is 226 Å². The van der Waals surface area contributed by atoms with Gasteiger partial charge in [-0.2, -0.15) is 4.98 Å². The van der Waals surface area contributed by atoms with E-state index in [0.29, 0.717) is 17.6 Å². The molecule has 7 heterocycles. The van der Waals surface area contributed by atoms with E-state index < -0.39 is 48.5 Å². The zero-order valence-corrected chi connectivity index (χ0v) is 21.4. The number of hydrogen-bond donors (Lipinski definition) is 4. The van der Waals surface area contributed by atoms with Crippen LogP contribution >= 0.6 is 0 Å². The van der Waals surface area contributed by atoms with Crippen molar-refractivity contribution in [1.82, 2.24) is 39.0 Å². The highest BCUT2D eigenvalue weighted by molar-refractivity contribution is 5.81. The van der Waals surface area contributed by atoms with Gasteiger partial charge in [-0.05, 0) is 0 Å². The molecule has 3 aliphatic heterocycles. The molecule has 6 N–H and O–H groups in total. The summed E-state index contributed by atoms with van der Waals surface area (Å²) in [7, 11) is 1.61.